The van der Waals surface area contributed by atoms with E-state index < -0.39 is 60.4 Å². The van der Waals surface area contributed by atoms with Crippen LogP contribution in [0.3, 0.4) is 0 Å². The van der Waals surface area contributed by atoms with Crippen LogP contribution in [0.25, 0.3) is 83.4 Å². The first kappa shape index (κ1) is 31.8. The Morgan fingerprint density at radius 1 is 0.574 bits per heavy atom. The number of aryl methyl sites for hydroxylation is 1. The fraction of sp³-hybridized carbons (Fsp3) is 0.143. The fourth-order valence-corrected chi connectivity index (χ4v) is 10.1. The molecule has 0 spiro atoms. The molecule has 0 bridgehead atoms. The summed E-state index contributed by atoms with van der Waals surface area (Å²) < 4.78 is 99.9. The lowest BCUT2D eigenvalue weighted by molar-refractivity contribution is -0.571. The first-order valence-electron chi connectivity index (χ1n) is 27.9. The maximum absolute atomic E-state index is 9.06. The van der Waals surface area contributed by atoms with Crippen molar-refractivity contribution in [3.63, 3.8) is 0 Å². The monoisotopic (exact) mass is 890 g/mol. The van der Waals surface area contributed by atoms with E-state index in [1.54, 1.807) is 27.3 Å². The Morgan fingerprint density at radius 2 is 1.22 bits per heavy atom. The van der Waals surface area contributed by atoms with Gasteiger partial charge in [-0.15, -0.1) is 0 Å². The van der Waals surface area contributed by atoms with Gasteiger partial charge in [0.1, 0.15) is 17.3 Å². The summed E-state index contributed by atoms with van der Waals surface area (Å²) in [5.41, 5.74) is 10.1. The number of para-hydroxylation sites is 4. The van der Waals surface area contributed by atoms with Crippen LogP contribution in [0.15, 0.2) is 200 Å². The number of hydrogen-bond acceptors (Lipinski definition) is 2. The van der Waals surface area contributed by atoms with Crippen molar-refractivity contribution >= 4 is 32.8 Å². The third-order valence-corrected chi connectivity index (χ3v) is 13.7. The maximum Gasteiger partial charge on any atom is 0.269 e. The molecular formula is C63H52N4O. The van der Waals surface area contributed by atoms with E-state index in [-0.39, 0.29) is 38.8 Å². The smallest absolute Gasteiger partial charge is 0.269 e. The van der Waals surface area contributed by atoms with E-state index in [2.05, 4.69) is 100 Å². The second-order valence-electron chi connectivity index (χ2n) is 19.0. The Bertz CT molecular complexity index is 4200. The zero-order chi connectivity index (χ0) is 54.9. The molecule has 0 radical (unpaired) electrons. The zero-order valence-electron chi connectivity index (χ0n) is 48.4. The van der Waals surface area contributed by atoms with Crippen LogP contribution in [0.2, 0.25) is 0 Å². The average molecular weight is 891 g/mol. The first-order valence-corrected chi connectivity index (χ1v) is 22.9. The normalized spacial score (nSPS) is 16.1. The van der Waals surface area contributed by atoms with E-state index >= 15 is 0 Å². The van der Waals surface area contributed by atoms with E-state index in [1.807, 2.05) is 66.9 Å². The molecule has 11 aromatic rings. The molecule has 0 saturated carbocycles. The number of aromatic nitrogens is 4. The SMILES string of the molecule is [2H]c1c([2H])c([2H])c(-c2cccc(-c3c([2H])c([2H])c([2H])c([2H])c3[2H])c2-[n+]2[c-]n(-c3cccc(Oc4ccc5c6ccccc6n(-c6ncc(C)cc6-c6ccc7c(c6)C(C)(C)CCC7(C)C)c5c4)c3)c3ccccc32)c([2H])c1[2H]. The van der Waals surface area contributed by atoms with Crippen molar-refractivity contribution < 1.29 is 23.0 Å². The van der Waals surface area contributed by atoms with Crippen molar-refractivity contribution in [1.29, 1.82) is 0 Å². The molecule has 0 saturated heterocycles. The van der Waals surface area contributed by atoms with Gasteiger partial charge in [-0.1, -0.05) is 173 Å². The van der Waals surface area contributed by atoms with Gasteiger partial charge in [-0.3, -0.25) is 13.7 Å². The van der Waals surface area contributed by atoms with E-state index in [1.165, 1.54) is 11.1 Å². The summed E-state index contributed by atoms with van der Waals surface area (Å²) in [5.74, 6) is 1.91. The van der Waals surface area contributed by atoms with Crippen LogP contribution < -0.4 is 9.30 Å². The minimum Gasteiger partial charge on any atom is -0.458 e. The summed E-state index contributed by atoms with van der Waals surface area (Å²) in [6.07, 6.45) is 7.63. The van der Waals surface area contributed by atoms with E-state index in [0.29, 0.717) is 28.2 Å². The second-order valence-corrected chi connectivity index (χ2v) is 19.0. The van der Waals surface area contributed by atoms with Crippen molar-refractivity contribution in [1.82, 2.24) is 14.1 Å². The molecule has 3 heterocycles. The third-order valence-electron chi connectivity index (χ3n) is 13.7. The molecule has 5 nitrogen and oxygen atoms in total. The van der Waals surface area contributed by atoms with Gasteiger partial charge in [-0.25, -0.2) is 4.98 Å². The number of fused-ring (bicyclic) bond motifs is 5. The molecule has 8 aromatic carbocycles. The summed E-state index contributed by atoms with van der Waals surface area (Å²) in [6.45, 7) is 11.5. The highest BCUT2D eigenvalue weighted by Crippen LogP contribution is 2.48. The molecule has 0 fully saturated rings. The lowest BCUT2D eigenvalue weighted by atomic mass is 9.63. The summed E-state index contributed by atoms with van der Waals surface area (Å²) in [7, 11) is 0. The minimum absolute atomic E-state index is 0.0200. The molecule has 1 aliphatic carbocycles. The first-order chi connectivity index (χ1) is 37.2. The quantitative estimate of drug-likeness (QED) is 0.113. The number of benzene rings is 8. The predicted molar refractivity (Wildman–Crippen MR) is 279 cm³/mol. The molecule has 330 valence electrons. The summed E-state index contributed by atoms with van der Waals surface area (Å²) in [5, 5.41) is 2.12. The molecular weight excluding hydrogens is 829 g/mol. The zero-order valence-corrected chi connectivity index (χ0v) is 38.4. The molecule has 0 N–H and O–H groups in total. The molecule has 0 aliphatic heterocycles. The summed E-state index contributed by atoms with van der Waals surface area (Å²) >= 11 is 0. The van der Waals surface area contributed by atoms with Crippen LogP contribution in [0.1, 0.15) is 70.9 Å². The molecule has 1 aliphatic rings. The Balaban J connectivity index is 1.00. The van der Waals surface area contributed by atoms with Gasteiger partial charge in [0.05, 0.1) is 47.1 Å². The van der Waals surface area contributed by atoms with Crippen LogP contribution >= 0.6 is 0 Å². The highest BCUT2D eigenvalue weighted by Gasteiger charge is 2.37. The molecule has 0 amide bonds. The summed E-state index contributed by atoms with van der Waals surface area (Å²) in [6, 6.07) is 38.2. The number of nitrogens with zero attached hydrogens (tertiary/aromatic N) is 4. The van der Waals surface area contributed by atoms with Crippen molar-refractivity contribution in [2.75, 3.05) is 0 Å². The van der Waals surface area contributed by atoms with Gasteiger partial charge in [-0.05, 0) is 118 Å². The van der Waals surface area contributed by atoms with Crippen LogP contribution in [-0.2, 0) is 10.8 Å². The third kappa shape index (κ3) is 7.00. The van der Waals surface area contributed by atoms with E-state index in [9.17, 15) is 0 Å². The highest BCUT2D eigenvalue weighted by molar-refractivity contribution is 6.10. The van der Waals surface area contributed by atoms with Crippen molar-refractivity contribution in [2.24, 2.45) is 0 Å². The number of rotatable bonds is 8. The van der Waals surface area contributed by atoms with Crippen molar-refractivity contribution in [3.8, 4) is 62.1 Å². The molecule has 3 aromatic heterocycles. The van der Waals surface area contributed by atoms with Gasteiger partial charge in [0, 0.05) is 28.6 Å². The van der Waals surface area contributed by atoms with Crippen LogP contribution in [0, 0.1) is 13.3 Å². The predicted octanol–water partition coefficient (Wildman–Crippen LogP) is 15.7. The Morgan fingerprint density at radius 3 is 1.97 bits per heavy atom. The standard InChI is InChI=1S/C63H52N4O/c1-42-36-53(45-30-33-54-55(37-45)63(4,5)35-34-62(54,2)3)61(64-40-42)67-56-27-13-12-24-51(56)52-32-31-48(39-59(52)67)68-47-23-16-22-46(38-47)65-41-66(58-29-15-14-28-57(58)65)60-49(43-18-8-6-9-19-43)25-17-26-50(60)44-20-10-7-11-21-44/h6-33,36-40H,34-35H2,1-5H3/i6D,7D,8D,9D,10D,11D,18D,19D,20D,21D. The van der Waals surface area contributed by atoms with Crippen molar-refractivity contribution in [2.45, 2.75) is 58.3 Å². The fourth-order valence-electron chi connectivity index (χ4n) is 10.1. The topological polar surface area (TPSA) is 35.9 Å². The number of hydrogen-bond donors (Lipinski definition) is 0. The Hall–Kier alpha value is -8.02. The molecule has 5 heteroatoms. The summed E-state index contributed by atoms with van der Waals surface area (Å²) in [4.78, 5) is 5.19. The van der Waals surface area contributed by atoms with Gasteiger partial charge in [0.15, 0.2) is 0 Å². The van der Waals surface area contributed by atoms with E-state index in [0.717, 1.165) is 57.2 Å². The second kappa shape index (κ2) is 16.1. The minimum atomic E-state index is -0.566. The molecule has 68 heavy (non-hydrogen) atoms. The average Bonchev–Trinajstić information content (AvgIpc) is 4.18. The van der Waals surface area contributed by atoms with Gasteiger partial charge >= 0.3 is 0 Å². The largest absolute Gasteiger partial charge is 0.458 e. The van der Waals surface area contributed by atoms with Gasteiger partial charge < -0.3 is 4.74 Å². The molecule has 12 rings (SSSR count). The maximum atomic E-state index is 9.06. The van der Waals surface area contributed by atoms with Crippen LogP contribution in [-0.4, -0.2) is 14.1 Å². The Labute approximate surface area is 412 Å². The highest BCUT2D eigenvalue weighted by atomic mass is 16.5. The lowest BCUT2D eigenvalue weighted by Crippen LogP contribution is -2.33. The van der Waals surface area contributed by atoms with E-state index in [4.69, 9.17) is 23.4 Å². The number of imidazole rings is 1. The van der Waals surface area contributed by atoms with Crippen LogP contribution in [0.4, 0.5) is 0 Å². The van der Waals surface area contributed by atoms with Crippen molar-refractivity contribution in [3.05, 3.63) is 223 Å². The number of pyridine rings is 1. The Kier molecular flexibility index (Phi) is 7.53. The lowest BCUT2D eigenvalue weighted by Gasteiger charge is -2.42. The molecule has 0 unspecified atom stereocenters. The van der Waals surface area contributed by atoms with Crippen LogP contribution in [0.5, 0.6) is 11.5 Å². The van der Waals surface area contributed by atoms with Gasteiger partial charge in [-0.2, -0.15) is 0 Å². The number of ether oxygens (including phenoxy) is 1. The van der Waals surface area contributed by atoms with Gasteiger partial charge in [0.2, 0.25) is 0 Å². The van der Waals surface area contributed by atoms with Gasteiger partial charge in [0.25, 0.3) is 6.33 Å². The molecule has 0 atom stereocenters.